The number of aryl methyl sites for hydroxylation is 1. The smallest absolute Gasteiger partial charge is 0.349 e. The van der Waals surface area contributed by atoms with Crippen molar-refractivity contribution >= 4 is 22.7 Å². The number of isocyanates is 1. The summed E-state index contributed by atoms with van der Waals surface area (Å²) < 4.78 is 38.1. The monoisotopic (exact) mass is 240 g/mol. The maximum absolute atomic E-state index is 12.7. The molecule has 0 atom stereocenters. The fraction of sp³-hybridized carbons (Fsp3) is 0.182. The summed E-state index contributed by atoms with van der Waals surface area (Å²) in [7, 11) is 0. The largest absolute Gasteiger partial charge is 0.433 e. The van der Waals surface area contributed by atoms with Gasteiger partial charge in [-0.15, -0.1) is 0 Å². The molecule has 0 spiro atoms. The lowest BCUT2D eigenvalue weighted by Crippen LogP contribution is -2.05. The van der Waals surface area contributed by atoms with Crippen molar-refractivity contribution < 1.29 is 18.0 Å². The van der Waals surface area contributed by atoms with Crippen molar-refractivity contribution in [3.05, 3.63) is 29.5 Å². The molecular formula is C11H7F3N2O. The van der Waals surface area contributed by atoms with Crippen LogP contribution < -0.4 is 0 Å². The van der Waals surface area contributed by atoms with Gasteiger partial charge in [0.25, 0.3) is 0 Å². The SMILES string of the molecule is Cc1ccc2c(N=C=O)c(C(F)(F)F)[nH]c2c1. The number of nitrogens with zero attached hydrogens (tertiary/aromatic N) is 1. The van der Waals surface area contributed by atoms with Gasteiger partial charge in [0.05, 0.1) is 0 Å². The fourth-order valence-electron chi connectivity index (χ4n) is 1.66. The molecule has 1 aromatic carbocycles. The van der Waals surface area contributed by atoms with Gasteiger partial charge in [0, 0.05) is 10.9 Å². The minimum atomic E-state index is -4.58. The van der Waals surface area contributed by atoms with Crippen LogP contribution in [0.1, 0.15) is 11.3 Å². The van der Waals surface area contributed by atoms with Crippen molar-refractivity contribution in [2.45, 2.75) is 13.1 Å². The zero-order valence-corrected chi connectivity index (χ0v) is 8.72. The van der Waals surface area contributed by atoms with Crippen molar-refractivity contribution in [3.63, 3.8) is 0 Å². The van der Waals surface area contributed by atoms with E-state index in [0.717, 1.165) is 11.6 Å². The standard InChI is InChI=1S/C11H7F3N2O/c1-6-2-3-7-8(4-6)16-10(11(12,13)14)9(7)15-5-17/h2-4,16H,1H3. The van der Waals surface area contributed by atoms with Gasteiger partial charge in [0.2, 0.25) is 6.08 Å². The normalized spacial score (nSPS) is 11.5. The van der Waals surface area contributed by atoms with Crippen LogP contribution in [-0.2, 0) is 11.0 Å². The van der Waals surface area contributed by atoms with E-state index < -0.39 is 17.6 Å². The van der Waals surface area contributed by atoms with E-state index in [1.54, 1.807) is 19.1 Å². The molecule has 1 aromatic heterocycles. The first-order chi connectivity index (χ1) is 7.93. The van der Waals surface area contributed by atoms with E-state index in [-0.39, 0.29) is 5.39 Å². The number of alkyl halides is 3. The Morgan fingerprint density at radius 2 is 2.06 bits per heavy atom. The molecule has 0 amide bonds. The zero-order chi connectivity index (χ0) is 12.6. The molecule has 0 fully saturated rings. The van der Waals surface area contributed by atoms with Crippen LogP contribution in [0, 0.1) is 6.92 Å². The van der Waals surface area contributed by atoms with Gasteiger partial charge >= 0.3 is 6.18 Å². The quantitative estimate of drug-likeness (QED) is 0.602. The van der Waals surface area contributed by atoms with Gasteiger partial charge in [-0.1, -0.05) is 12.1 Å². The third kappa shape index (κ3) is 1.94. The fourth-order valence-corrected chi connectivity index (χ4v) is 1.66. The molecule has 0 aliphatic rings. The van der Waals surface area contributed by atoms with Crippen LogP contribution in [0.15, 0.2) is 23.2 Å². The number of nitrogens with one attached hydrogen (secondary N) is 1. The number of benzene rings is 1. The Hall–Kier alpha value is -2.07. The number of aliphatic imine (C=N–C) groups is 1. The highest BCUT2D eigenvalue weighted by molar-refractivity contribution is 5.94. The molecule has 0 bridgehead atoms. The summed E-state index contributed by atoms with van der Waals surface area (Å²) in [5.74, 6) is 0. The van der Waals surface area contributed by atoms with Crippen molar-refractivity contribution in [2.75, 3.05) is 0 Å². The molecule has 0 radical (unpaired) electrons. The maximum atomic E-state index is 12.7. The highest BCUT2D eigenvalue weighted by atomic mass is 19.4. The lowest BCUT2D eigenvalue weighted by Gasteiger charge is -2.03. The van der Waals surface area contributed by atoms with Crippen molar-refractivity contribution in [3.8, 4) is 0 Å². The molecule has 1 heterocycles. The van der Waals surface area contributed by atoms with Gasteiger partial charge in [-0.2, -0.15) is 18.2 Å². The van der Waals surface area contributed by atoms with Gasteiger partial charge < -0.3 is 4.98 Å². The van der Waals surface area contributed by atoms with E-state index in [0.29, 0.717) is 5.52 Å². The number of hydrogen-bond acceptors (Lipinski definition) is 2. The Labute approximate surface area is 94.0 Å². The van der Waals surface area contributed by atoms with Crippen LogP contribution in [0.4, 0.5) is 18.9 Å². The lowest BCUT2D eigenvalue weighted by atomic mass is 10.1. The number of fused-ring (bicyclic) bond motifs is 1. The molecule has 3 nitrogen and oxygen atoms in total. The average Bonchev–Trinajstić information content (AvgIpc) is 2.56. The topological polar surface area (TPSA) is 45.2 Å². The van der Waals surface area contributed by atoms with Crippen LogP contribution in [0.3, 0.4) is 0 Å². The van der Waals surface area contributed by atoms with E-state index in [1.807, 2.05) is 0 Å². The molecule has 17 heavy (non-hydrogen) atoms. The summed E-state index contributed by atoms with van der Waals surface area (Å²) in [6.07, 6.45) is -3.44. The molecule has 0 aliphatic carbocycles. The van der Waals surface area contributed by atoms with E-state index in [4.69, 9.17) is 0 Å². The first kappa shape index (κ1) is 11.4. The first-order valence-corrected chi connectivity index (χ1v) is 4.71. The molecule has 0 aliphatic heterocycles. The van der Waals surface area contributed by atoms with E-state index >= 15 is 0 Å². The lowest BCUT2D eigenvalue weighted by molar-refractivity contribution is -0.140. The van der Waals surface area contributed by atoms with Gasteiger partial charge in [0.15, 0.2) is 0 Å². The highest BCUT2D eigenvalue weighted by Crippen LogP contribution is 2.40. The predicted molar refractivity (Wildman–Crippen MR) is 55.8 cm³/mol. The van der Waals surface area contributed by atoms with Gasteiger partial charge in [-0.3, -0.25) is 0 Å². The number of rotatable bonds is 1. The summed E-state index contributed by atoms with van der Waals surface area (Å²) in [5.41, 5.74) is -0.329. The minimum Gasteiger partial charge on any atom is -0.349 e. The van der Waals surface area contributed by atoms with Gasteiger partial charge in [-0.05, 0) is 18.6 Å². The summed E-state index contributed by atoms with van der Waals surface area (Å²) in [5, 5.41) is 0.256. The molecule has 0 saturated carbocycles. The van der Waals surface area contributed by atoms with E-state index in [9.17, 15) is 18.0 Å². The number of hydrogen-bond donors (Lipinski definition) is 1. The maximum Gasteiger partial charge on any atom is 0.433 e. The zero-order valence-electron chi connectivity index (χ0n) is 8.72. The van der Waals surface area contributed by atoms with Gasteiger partial charge in [0.1, 0.15) is 11.4 Å². The van der Waals surface area contributed by atoms with Crippen LogP contribution in [0.5, 0.6) is 0 Å². The molecule has 6 heteroatoms. The summed E-state index contributed by atoms with van der Waals surface area (Å²) in [4.78, 5) is 15.6. The predicted octanol–water partition coefficient (Wildman–Crippen LogP) is 3.46. The Kier molecular flexibility index (Phi) is 2.52. The van der Waals surface area contributed by atoms with Crippen molar-refractivity contribution in [1.82, 2.24) is 4.98 Å². The molecule has 0 saturated heterocycles. The Balaban J connectivity index is 2.84. The molecule has 0 unspecified atom stereocenters. The number of H-pyrrole nitrogens is 1. The number of carbonyl (C=O) groups excluding carboxylic acids is 1. The van der Waals surface area contributed by atoms with Crippen LogP contribution in [0.25, 0.3) is 10.9 Å². The molecule has 88 valence electrons. The Bertz CT molecular complexity index is 621. The van der Waals surface area contributed by atoms with E-state index in [1.165, 1.54) is 6.07 Å². The minimum absolute atomic E-state index is 0.256. The third-order valence-corrected chi connectivity index (χ3v) is 2.37. The van der Waals surface area contributed by atoms with Crippen LogP contribution >= 0.6 is 0 Å². The highest BCUT2D eigenvalue weighted by Gasteiger charge is 2.36. The van der Waals surface area contributed by atoms with Crippen LogP contribution in [0.2, 0.25) is 0 Å². The molecule has 1 N–H and O–H groups in total. The second-order valence-electron chi connectivity index (χ2n) is 3.60. The average molecular weight is 240 g/mol. The van der Waals surface area contributed by atoms with E-state index in [2.05, 4.69) is 9.98 Å². The van der Waals surface area contributed by atoms with Crippen LogP contribution in [-0.4, -0.2) is 11.1 Å². The molecule has 2 rings (SSSR count). The number of aromatic nitrogens is 1. The second-order valence-corrected chi connectivity index (χ2v) is 3.60. The summed E-state index contributed by atoms with van der Waals surface area (Å²) in [6, 6.07) is 4.71. The first-order valence-electron chi connectivity index (χ1n) is 4.71. The van der Waals surface area contributed by atoms with Crippen molar-refractivity contribution in [2.24, 2.45) is 4.99 Å². The molecular weight excluding hydrogens is 233 g/mol. The number of halogens is 3. The van der Waals surface area contributed by atoms with Crippen molar-refractivity contribution in [1.29, 1.82) is 0 Å². The second kappa shape index (κ2) is 3.75. The summed E-state index contributed by atoms with van der Waals surface area (Å²) in [6.45, 7) is 1.76. The Morgan fingerprint density at radius 3 is 2.65 bits per heavy atom. The summed E-state index contributed by atoms with van der Waals surface area (Å²) >= 11 is 0. The van der Waals surface area contributed by atoms with Gasteiger partial charge in [-0.25, -0.2) is 4.79 Å². The molecule has 2 aromatic rings. The Morgan fingerprint density at radius 1 is 1.35 bits per heavy atom. The number of aromatic amines is 1. The third-order valence-electron chi connectivity index (χ3n) is 2.37.